The van der Waals surface area contributed by atoms with Gasteiger partial charge in [0.1, 0.15) is 19.0 Å². The van der Waals surface area contributed by atoms with Crippen LogP contribution in [-0.4, -0.2) is 24.4 Å². The summed E-state index contributed by atoms with van der Waals surface area (Å²) in [7, 11) is 0. The quantitative estimate of drug-likeness (QED) is 0.787. The Morgan fingerprint density at radius 2 is 2.50 bits per heavy atom. The number of carbonyl (C=O) groups is 1. The van der Waals surface area contributed by atoms with E-state index in [1.165, 1.54) is 6.07 Å². The van der Waals surface area contributed by atoms with Gasteiger partial charge in [-0.2, -0.15) is 0 Å². The van der Waals surface area contributed by atoms with Gasteiger partial charge in [-0.05, 0) is 11.4 Å². The largest absolute Gasteiger partial charge is 0.489 e. The number of hydrogen-bond acceptors (Lipinski definition) is 3. The molecule has 1 rings (SSSR count). The number of halogens is 1. The first kappa shape index (κ1) is 8.99. The normalized spacial score (nSPS) is 9.75. The van der Waals surface area contributed by atoms with Crippen molar-refractivity contribution in [2.75, 3.05) is 13.3 Å². The highest BCUT2D eigenvalue weighted by atomic mass is 32.1. The van der Waals surface area contributed by atoms with Crippen LogP contribution in [0.3, 0.4) is 0 Å². The van der Waals surface area contributed by atoms with Gasteiger partial charge in [0.15, 0.2) is 4.88 Å². The van der Waals surface area contributed by atoms with Gasteiger partial charge in [-0.25, -0.2) is 9.18 Å². The minimum Gasteiger partial charge on any atom is -0.489 e. The zero-order chi connectivity index (χ0) is 8.97. The zero-order valence-corrected chi connectivity index (χ0v) is 6.94. The number of aromatic carboxylic acids is 1. The summed E-state index contributed by atoms with van der Waals surface area (Å²) in [6.07, 6.45) is 0. The lowest BCUT2D eigenvalue weighted by Crippen LogP contribution is -2.02. The molecule has 12 heavy (non-hydrogen) atoms. The third-order valence-corrected chi connectivity index (χ3v) is 2.04. The van der Waals surface area contributed by atoms with E-state index in [4.69, 9.17) is 9.84 Å². The second-order valence-corrected chi connectivity index (χ2v) is 2.87. The molecule has 0 aliphatic rings. The molecule has 1 aromatic rings. The van der Waals surface area contributed by atoms with Gasteiger partial charge in [-0.1, -0.05) is 0 Å². The summed E-state index contributed by atoms with van der Waals surface area (Å²) in [5.74, 6) is -0.802. The highest BCUT2D eigenvalue weighted by Gasteiger charge is 2.12. The Kier molecular flexibility index (Phi) is 3.04. The van der Waals surface area contributed by atoms with Crippen molar-refractivity contribution in [3.63, 3.8) is 0 Å². The number of alkyl halides is 1. The van der Waals surface area contributed by atoms with Gasteiger partial charge >= 0.3 is 5.97 Å². The predicted molar refractivity (Wildman–Crippen MR) is 42.7 cm³/mol. The van der Waals surface area contributed by atoms with Gasteiger partial charge in [0.25, 0.3) is 0 Å². The van der Waals surface area contributed by atoms with E-state index in [9.17, 15) is 9.18 Å². The molecule has 5 heteroatoms. The molecular weight excluding hydrogens is 183 g/mol. The number of thiophene rings is 1. The number of hydrogen-bond donors (Lipinski definition) is 1. The molecular formula is C7H7FO3S. The zero-order valence-electron chi connectivity index (χ0n) is 6.12. The number of carboxylic acids is 1. The van der Waals surface area contributed by atoms with Crippen molar-refractivity contribution < 1.29 is 19.0 Å². The smallest absolute Gasteiger partial charge is 0.349 e. The Morgan fingerprint density at radius 3 is 3.08 bits per heavy atom. The maximum Gasteiger partial charge on any atom is 0.349 e. The third kappa shape index (κ3) is 1.94. The molecule has 0 fully saturated rings. The van der Waals surface area contributed by atoms with Crippen LogP contribution >= 0.6 is 11.3 Å². The molecule has 0 amide bonds. The fourth-order valence-electron chi connectivity index (χ4n) is 0.716. The molecule has 0 aromatic carbocycles. The molecule has 1 N–H and O–H groups in total. The Bertz CT molecular complexity index is 271. The fraction of sp³-hybridized carbons (Fsp3) is 0.286. The first-order valence-electron chi connectivity index (χ1n) is 3.25. The summed E-state index contributed by atoms with van der Waals surface area (Å²) in [4.78, 5) is 10.6. The lowest BCUT2D eigenvalue weighted by molar-refractivity contribution is 0.0697. The van der Waals surface area contributed by atoms with Crippen LogP contribution in [0.2, 0.25) is 0 Å². The second-order valence-electron chi connectivity index (χ2n) is 1.96. The lowest BCUT2D eigenvalue weighted by Gasteiger charge is -2.00. The van der Waals surface area contributed by atoms with Crippen molar-refractivity contribution in [2.24, 2.45) is 0 Å². The molecule has 0 aliphatic heterocycles. The van der Waals surface area contributed by atoms with Crippen molar-refractivity contribution >= 4 is 17.3 Å². The van der Waals surface area contributed by atoms with Crippen molar-refractivity contribution in [1.82, 2.24) is 0 Å². The SMILES string of the molecule is O=C(O)c1sccc1OCCF. The van der Waals surface area contributed by atoms with E-state index in [2.05, 4.69) is 0 Å². The minimum absolute atomic E-state index is 0.100. The van der Waals surface area contributed by atoms with Crippen molar-refractivity contribution in [1.29, 1.82) is 0 Å². The van der Waals surface area contributed by atoms with Crippen LogP contribution in [0.4, 0.5) is 4.39 Å². The molecule has 0 radical (unpaired) electrons. The second kappa shape index (κ2) is 4.06. The fourth-order valence-corrected chi connectivity index (χ4v) is 1.39. The van der Waals surface area contributed by atoms with E-state index in [0.29, 0.717) is 0 Å². The summed E-state index contributed by atoms with van der Waals surface area (Å²) in [6.45, 7) is -0.716. The van der Waals surface area contributed by atoms with Gasteiger partial charge in [0, 0.05) is 0 Å². The number of carboxylic acid groups (broad SMARTS) is 1. The van der Waals surface area contributed by atoms with Crippen LogP contribution < -0.4 is 4.74 Å². The number of ether oxygens (including phenoxy) is 1. The molecule has 0 atom stereocenters. The topological polar surface area (TPSA) is 46.5 Å². The number of rotatable bonds is 4. The maximum absolute atomic E-state index is 11.6. The van der Waals surface area contributed by atoms with Gasteiger partial charge in [0.05, 0.1) is 0 Å². The first-order valence-corrected chi connectivity index (χ1v) is 4.13. The highest BCUT2D eigenvalue weighted by molar-refractivity contribution is 7.12. The lowest BCUT2D eigenvalue weighted by atomic mass is 10.4. The van der Waals surface area contributed by atoms with Crippen molar-refractivity contribution in [2.45, 2.75) is 0 Å². The van der Waals surface area contributed by atoms with Gasteiger partial charge < -0.3 is 9.84 Å². The Labute approximate surface area is 72.4 Å². The van der Waals surface area contributed by atoms with E-state index in [1.807, 2.05) is 0 Å². The maximum atomic E-state index is 11.6. The van der Waals surface area contributed by atoms with Crippen LogP contribution in [0.5, 0.6) is 5.75 Å². The van der Waals surface area contributed by atoms with E-state index < -0.39 is 12.6 Å². The molecule has 0 spiro atoms. The van der Waals surface area contributed by atoms with Gasteiger partial charge in [-0.15, -0.1) is 11.3 Å². The summed E-state index contributed by atoms with van der Waals surface area (Å²) in [5, 5.41) is 10.2. The first-order chi connectivity index (χ1) is 5.75. The molecule has 0 bridgehead atoms. The Hall–Kier alpha value is -1.10. The summed E-state index contributed by atoms with van der Waals surface area (Å²) in [5.41, 5.74) is 0. The average Bonchev–Trinajstić information content (AvgIpc) is 2.48. The Morgan fingerprint density at radius 1 is 1.75 bits per heavy atom. The third-order valence-electron chi connectivity index (χ3n) is 1.16. The van der Waals surface area contributed by atoms with Crippen LogP contribution in [0, 0.1) is 0 Å². The standard InChI is InChI=1S/C7H7FO3S/c8-2-3-11-5-1-4-12-6(5)7(9)10/h1,4H,2-3H2,(H,9,10). The highest BCUT2D eigenvalue weighted by Crippen LogP contribution is 2.24. The van der Waals surface area contributed by atoms with Crippen LogP contribution in [0.25, 0.3) is 0 Å². The van der Waals surface area contributed by atoms with Crippen molar-refractivity contribution in [3.05, 3.63) is 16.3 Å². The summed E-state index contributed by atoms with van der Waals surface area (Å²) < 4.78 is 16.5. The molecule has 3 nitrogen and oxygen atoms in total. The average molecular weight is 190 g/mol. The summed E-state index contributed by atoms with van der Waals surface area (Å²) in [6, 6.07) is 1.52. The monoisotopic (exact) mass is 190 g/mol. The molecule has 0 saturated heterocycles. The van der Waals surface area contributed by atoms with Crippen LogP contribution in [-0.2, 0) is 0 Å². The predicted octanol–water partition coefficient (Wildman–Crippen LogP) is 1.79. The van der Waals surface area contributed by atoms with E-state index in [-0.39, 0.29) is 17.2 Å². The van der Waals surface area contributed by atoms with Crippen molar-refractivity contribution in [3.8, 4) is 5.75 Å². The van der Waals surface area contributed by atoms with Crippen LogP contribution in [0.15, 0.2) is 11.4 Å². The van der Waals surface area contributed by atoms with Gasteiger partial charge in [-0.3, -0.25) is 0 Å². The van der Waals surface area contributed by atoms with Crippen LogP contribution in [0.1, 0.15) is 9.67 Å². The van der Waals surface area contributed by atoms with Gasteiger partial charge in [0.2, 0.25) is 0 Å². The molecule has 1 heterocycles. The summed E-state index contributed by atoms with van der Waals surface area (Å²) >= 11 is 1.06. The molecule has 0 saturated carbocycles. The molecule has 1 aromatic heterocycles. The van der Waals surface area contributed by atoms with E-state index in [0.717, 1.165) is 11.3 Å². The van der Waals surface area contributed by atoms with E-state index in [1.54, 1.807) is 5.38 Å². The molecule has 66 valence electrons. The Balaban J connectivity index is 2.70. The molecule has 0 unspecified atom stereocenters. The van der Waals surface area contributed by atoms with E-state index >= 15 is 0 Å². The minimum atomic E-state index is -1.04. The molecule has 0 aliphatic carbocycles.